The molecule has 6 nitrogen and oxygen atoms in total. The highest BCUT2D eigenvalue weighted by Gasteiger charge is 2.23. The Morgan fingerprint density at radius 1 is 1.06 bits per heavy atom. The molecule has 0 aliphatic heterocycles. The molecule has 0 unspecified atom stereocenters. The number of sulfonamides is 2. The van der Waals surface area contributed by atoms with Gasteiger partial charge in [-0.25, -0.2) is 22.0 Å². The molecular formula is C7H8F2N2O4S2. The van der Waals surface area contributed by atoms with Gasteiger partial charge < -0.3 is 0 Å². The lowest BCUT2D eigenvalue weighted by molar-refractivity contribution is 0.236. The highest BCUT2D eigenvalue weighted by Crippen LogP contribution is 2.16. The van der Waals surface area contributed by atoms with Crippen LogP contribution >= 0.6 is 0 Å². The van der Waals surface area contributed by atoms with E-state index >= 15 is 0 Å². The number of alkyl halides is 2. The minimum Gasteiger partial charge on any atom is -0.279 e. The van der Waals surface area contributed by atoms with Crippen LogP contribution in [-0.4, -0.2) is 22.6 Å². The number of nitrogens with two attached hydrogens (primary N) is 1. The van der Waals surface area contributed by atoms with E-state index in [0.717, 1.165) is 24.3 Å². The molecule has 3 N–H and O–H groups in total. The van der Waals surface area contributed by atoms with Gasteiger partial charge in [-0.15, -0.1) is 0 Å². The molecular weight excluding hydrogens is 278 g/mol. The third-order valence-corrected chi connectivity index (χ3v) is 3.60. The number of halogens is 2. The first-order valence-electron chi connectivity index (χ1n) is 4.05. The second kappa shape index (κ2) is 4.55. The van der Waals surface area contributed by atoms with Crippen molar-refractivity contribution >= 4 is 25.7 Å². The summed E-state index contributed by atoms with van der Waals surface area (Å²) in [4.78, 5) is -0.252. The molecule has 1 aromatic rings. The zero-order valence-corrected chi connectivity index (χ0v) is 9.80. The van der Waals surface area contributed by atoms with Crippen molar-refractivity contribution in [1.29, 1.82) is 0 Å². The molecule has 0 aliphatic carbocycles. The number of hydrogen-bond acceptors (Lipinski definition) is 4. The van der Waals surface area contributed by atoms with Crippen LogP contribution in [0, 0.1) is 0 Å². The van der Waals surface area contributed by atoms with Crippen molar-refractivity contribution in [3.8, 4) is 0 Å². The fraction of sp³-hybridized carbons (Fsp3) is 0.143. The molecule has 0 heterocycles. The molecule has 0 saturated carbocycles. The maximum atomic E-state index is 12.0. The molecule has 0 bridgehead atoms. The molecule has 10 heteroatoms. The van der Waals surface area contributed by atoms with Crippen LogP contribution in [0.2, 0.25) is 0 Å². The Labute approximate surface area is 96.5 Å². The Morgan fingerprint density at radius 2 is 1.53 bits per heavy atom. The van der Waals surface area contributed by atoms with Crippen molar-refractivity contribution in [2.45, 2.75) is 10.7 Å². The Kier molecular flexibility index (Phi) is 3.69. The third kappa shape index (κ3) is 3.61. The number of nitrogens with one attached hydrogen (secondary N) is 1. The molecule has 0 fully saturated rings. The fourth-order valence-corrected chi connectivity index (χ4v) is 1.99. The standard InChI is InChI=1S/C7H8F2N2O4S2/c8-7(9)17(14,15)11-5-1-3-6(4-2-5)16(10,12)13/h1-4,7,11H,(H2,10,12,13). The predicted octanol–water partition coefficient (Wildman–Crippen LogP) is 0.298. The number of anilines is 1. The van der Waals surface area contributed by atoms with Crippen LogP contribution in [0.1, 0.15) is 0 Å². The van der Waals surface area contributed by atoms with Gasteiger partial charge in [0.05, 0.1) is 4.90 Å². The summed E-state index contributed by atoms with van der Waals surface area (Å²) in [5.74, 6) is -3.57. The first-order chi connectivity index (χ1) is 7.63. The van der Waals surface area contributed by atoms with Crippen LogP contribution in [-0.2, 0) is 20.0 Å². The summed E-state index contributed by atoms with van der Waals surface area (Å²) < 4.78 is 68.9. The lowest BCUT2D eigenvalue weighted by Gasteiger charge is -2.07. The quantitative estimate of drug-likeness (QED) is 0.830. The van der Waals surface area contributed by atoms with Crippen LogP contribution in [0.3, 0.4) is 0 Å². The van der Waals surface area contributed by atoms with Crippen LogP contribution in [0.15, 0.2) is 29.2 Å². The van der Waals surface area contributed by atoms with Crippen LogP contribution in [0.25, 0.3) is 0 Å². The van der Waals surface area contributed by atoms with E-state index in [9.17, 15) is 25.6 Å². The molecule has 0 spiro atoms. The lowest BCUT2D eigenvalue weighted by Crippen LogP contribution is -2.20. The topological polar surface area (TPSA) is 106 Å². The van der Waals surface area contributed by atoms with Crippen LogP contribution in [0.4, 0.5) is 14.5 Å². The monoisotopic (exact) mass is 286 g/mol. The molecule has 0 amide bonds. The highest BCUT2D eigenvalue weighted by molar-refractivity contribution is 7.93. The summed E-state index contributed by atoms with van der Waals surface area (Å²) in [5.41, 5.74) is -0.183. The van der Waals surface area contributed by atoms with E-state index in [0.29, 0.717) is 0 Å². The molecule has 1 rings (SSSR count). The summed E-state index contributed by atoms with van der Waals surface area (Å²) in [6, 6.07) is 4.02. The SMILES string of the molecule is NS(=O)(=O)c1ccc(NS(=O)(=O)C(F)F)cc1. The zero-order valence-electron chi connectivity index (χ0n) is 8.17. The maximum Gasteiger partial charge on any atom is 0.355 e. The molecule has 0 aromatic heterocycles. The van der Waals surface area contributed by atoms with Gasteiger partial charge >= 0.3 is 5.76 Å². The summed E-state index contributed by atoms with van der Waals surface area (Å²) in [5, 5.41) is 4.80. The van der Waals surface area contributed by atoms with E-state index in [2.05, 4.69) is 0 Å². The Morgan fingerprint density at radius 3 is 1.88 bits per heavy atom. The second-order valence-corrected chi connectivity index (χ2v) is 6.19. The van der Waals surface area contributed by atoms with E-state index in [1.54, 1.807) is 4.72 Å². The number of hydrogen-bond donors (Lipinski definition) is 2. The summed E-state index contributed by atoms with van der Waals surface area (Å²) in [6.07, 6.45) is 0. The Bertz CT molecular complexity index is 595. The van der Waals surface area contributed by atoms with E-state index in [-0.39, 0.29) is 10.6 Å². The molecule has 96 valence electrons. The second-order valence-electron chi connectivity index (χ2n) is 2.98. The minimum atomic E-state index is -4.76. The van der Waals surface area contributed by atoms with Crippen molar-refractivity contribution in [3.05, 3.63) is 24.3 Å². The maximum absolute atomic E-state index is 12.0. The summed E-state index contributed by atoms with van der Waals surface area (Å²) >= 11 is 0. The van der Waals surface area contributed by atoms with Gasteiger partial charge in [0.1, 0.15) is 0 Å². The summed E-state index contributed by atoms with van der Waals surface area (Å²) in [6.45, 7) is 0. The molecule has 0 aliphatic rings. The van der Waals surface area contributed by atoms with Crippen molar-refractivity contribution in [2.75, 3.05) is 4.72 Å². The van der Waals surface area contributed by atoms with Gasteiger partial charge in [-0.2, -0.15) is 8.78 Å². The van der Waals surface area contributed by atoms with Gasteiger partial charge in [-0.3, -0.25) is 4.72 Å². The smallest absolute Gasteiger partial charge is 0.279 e. The Hall–Kier alpha value is -1.26. The zero-order chi connectivity index (χ0) is 13.3. The highest BCUT2D eigenvalue weighted by atomic mass is 32.2. The minimum absolute atomic E-state index is 0.183. The molecule has 0 radical (unpaired) electrons. The van der Waals surface area contributed by atoms with E-state index in [4.69, 9.17) is 5.14 Å². The molecule has 1 aromatic carbocycles. The molecule has 0 atom stereocenters. The van der Waals surface area contributed by atoms with E-state index in [1.165, 1.54) is 0 Å². The van der Waals surface area contributed by atoms with Gasteiger partial charge in [-0.1, -0.05) is 0 Å². The van der Waals surface area contributed by atoms with Gasteiger partial charge in [0.15, 0.2) is 0 Å². The van der Waals surface area contributed by atoms with Crippen LogP contribution in [0.5, 0.6) is 0 Å². The number of primary sulfonamides is 1. The normalized spacial score (nSPS) is 12.7. The van der Waals surface area contributed by atoms with Gasteiger partial charge in [-0.05, 0) is 24.3 Å². The third-order valence-electron chi connectivity index (χ3n) is 1.68. The van der Waals surface area contributed by atoms with Crippen molar-refractivity contribution < 1.29 is 25.6 Å². The van der Waals surface area contributed by atoms with Crippen molar-refractivity contribution in [2.24, 2.45) is 5.14 Å². The summed E-state index contributed by atoms with van der Waals surface area (Å²) in [7, 11) is -8.67. The lowest BCUT2D eigenvalue weighted by atomic mass is 10.3. The first kappa shape index (κ1) is 13.8. The fourth-order valence-electron chi connectivity index (χ4n) is 0.921. The number of rotatable bonds is 4. The molecule has 17 heavy (non-hydrogen) atoms. The number of benzene rings is 1. The van der Waals surface area contributed by atoms with Crippen molar-refractivity contribution in [1.82, 2.24) is 0 Å². The predicted molar refractivity (Wildman–Crippen MR) is 56.4 cm³/mol. The van der Waals surface area contributed by atoms with E-state index in [1.807, 2.05) is 0 Å². The van der Waals surface area contributed by atoms with Gasteiger partial charge in [0, 0.05) is 5.69 Å². The largest absolute Gasteiger partial charge is 0.355 e. The van der Waals surface area contributed by atoms with Crippen molar-refractivity contribution in [3.63, 3.8) is 0 Å². The van der Waals surface area contributed by atoms with Gasteiger partial charge in [0.2, 0.25) is 10.0 Å². The van der Waals surface area contributed by atoms with Crippen LogP contribution < -0.4 is 9.86 Å². The van der Waals surface area contributed by atoms with E-state index < -0.39 is 25.8 Å². The first-order valence-corrected chi connectivity index (χ1v) is 7.15. The molecule has 0 saturated heterocycles. The Balaban J connectivity index is 2.98. The average Bonchev–Trinajstić information content (AvgIpc) is 2.16. The average molecular weight is 286 g/mol. The van der Waals surface area contributed by atoms with Gasteiger partial charge in [0.25, 0.3) is 10.0 Å².